The van der Waals surface area contributed by atoms with Crippen LogP contribution in [0.4, 0.5) is 0 Å². The van der Waals surface area contributed by atoms with Gasteiger partial charge in [-0.25, -0.2) is 0 Å². The standard InChI is InChI=1S/C8H11.C3H7.Er/c1-6-4-5-7(2)8(6)3;1-3-2;/h4H2,1-3H3;3H,1-2H3;. The Balaban J connectivity index is 2.73. The molecule has 0 atom stereocenters. The molecule has 0 fully saturated rings. The van der Waals surface area contributed by atoms with E-state index in [1.165, 1.54) is 6.42 Å². The van der Waals surface area contributed by atoms with Gasteiger partial charge in [-0.1, -0.05) is 0 Å². The molecule has 0 amide bonds. The summed E-state index contributed by atoms with van der Waals surface area (Å²) in [7, 11) is 0. The zero-order valence-corrected chi connectivity index (χ0v) is 10.4. The molecule has 0 N–H and O–H groups in total. The van der Waals surface area contributed by atoms with Crippen LogP contribution in [0.15, 0.2) is 18.5 Å². The SMILES string of the molecule is CC1=C(C)C(C)=[C]([Er][CH](C)C)C1. The van der Waals surface area contributed by atoms with Crippen LogP contribution in [0.2, 0.25) is 2.08 Å². The summed E-state index contributed by atoms with van der Waals surface area (Å²) in [5, 5.41) is 0. The monoisotopic (exact) mass is 316 g/mol. The van der Waals surface area contributed by atoms with E-state index >= 15 is 0 Å². The molecule has 0 heterocycles. The summed E-state index contributed by atoms with van der Waals surface area (Å²) in [6.45, 7) is 11.5. The molecular weight excluding hydrogens is 299 g/mol. The second-order valence-electron chi connectivity index (χ2n) is 3.55. The van der Waals surface area contributed by atoms with Crippen LogP contribution in [0, 0.1) is 33.4 Å². The van der Waals surface area contributed by atoms with Crippen LogP contribution in [0.1, 0.15) is 41.0 Å². The Hall–Kier alpha value is 0.727. The second-order valence-corrected chi connectivity index (χ2v) is 7.34. The van der Waals surface area contributed by atoms with Gasteiger partial charge < -0.3 is 0 Å². The van der Waals surface area contributed by atoms with Crippen molar-refractivity contribution in [3.8, 4) is 0 Å². The fourth-order valence-corrected chi connectivity index (χ4v) is 3.99. The molecule has 0 aromatic heterocycles. The molecule has 0 nitrogen and oxygen atoms in total. The van der Waals surface area contributed by atoms with Crippen molar-refractivity contribution in [2.24, 2.45) is 0 Å². The number of hydrogen-bond donors (Lipinski definition) is 0. The average Bonchev–Trinajstić information content (AvgIpc) is 2.17. The van der Waals surface area contributed by atoms with E-state index in [4.69, 9.17) is 0 Å². The van der Waals surface area contributed by atoms with Gasteiger partial charge in [0.15, 0.2) is 0 Å². The van der Waals surface area contributed by atoms with Gasteiger partial charge in [0.05, 0.1) is 0 Å². The van der Waals surface area contributed by atoms with Gasteiger partial charge in [-0.3, -0.25) is 0 Å². The first-order valence-corrected chi connectivity index (χ1v) is 6.42. The van der Waals surface area contributed by atoms with E-state index in [9.17, 15) is 0 Å². The van der Waals surface area contributed by atoms with Crippen molar-refractivity contribution < 1.29 is 33.4 Å². The Morgan fingerprint density at radius 3 is 2.00 bits per heavy atom. The van der Waals surface area contributed by atoms with E-state index in [0.717, 1.165) is 2.08 Å². The Morgan fingerprint density at radius 1 is 1.08 bits per heavy atom. The van der Waals surface area contributed by atoms with Crippen LogP contribution >= 0.6 is 0 Å². The Labute approximate surface area is 94.2 Å². The summed E-state index contributed by atoms with van der Waals surface area (Å²) >= 11 is 0.541. The van der Waals surface area contributed by atoms with Gasteiger partial charge in [0, 0.05) is 0 Å². The maximum atomic E-state index is 2.33. The molecule has 1 aliphatic carbocycles. The van der Waals surface area contributed by atoms with Gasteiger partial charge in [0.25, 0.3) is 0 Å². The molecule has 74 valence electrons. The van der Waals surface area contributed by atoms with Crippen molar-refractivity contribution in [1.82, 2.24) is 0 Å². The maximum absolute atomic E-state index is 2.33. The van der Waals surface area contributed by atoms with Gasteiger partial charge in [-0.15, -0.1) is 0 Å². The predicted octanol–water partition coefficient (Wildman–Crippen LogP) is 3.91. The zero-order valence-electron chi connectivity index (χ0n) is 8.57. The first-order chi connectivity index (χ1) is 5.52. The van der Waals surface area contributed by atoms with Crippen molar-refractivity contribution in [2.75, 3.05) is 0 Å². The van der Waals surface area contributed by atoms with Crippen LogP contribution < -0.4 is 0 Å². The van der Waals surface area contributed by atoms with E-state index in [2.05, 4.69) is 34.6 Å². The Bertz CT molecular complexity index is 244. The molecule has 1 heteroatoms. The molecule has 0 saturated carbocycles. The van der Waals surface area contributed by atoms with Crippen LogP contribution in [0.5, 0.6) is 0 Å². The summed E-state index contributed by atoms with van der Waals surface area (Å²) < 4.78 is 2.63. The molecule has 1 rings (SSSR count). The fraction of sp³-hybridized carbons (Fsp3) is 0.636. The quantitative estimate of drug-likeness (QED) is 0.724. The van der Waals surface area contributed by atoms with Crippen LogP contribution in [-0.2, 0) is 0 Å². The molecule has 0 aromatic rings. The Kier molecular flexibility index (Phi) is 3.87. The summed E-state index contributed by atoms with van der Waals surface area (Å²) in [6, 6.07) is 0. The molecule has 1 aliphatic rings. The van der Waals surface area contributed by atoms with Crippen LogP contribution in [-0.4, -0.2) is 0 Å². The predicted molar refractivity (Wildman–Crippen MR) is 50.8 cm³/mol. The van der Waals surface area contributed by atoms with E-state index in [1.807, 2.05) is 0 Å². The first-order valence-electron chi connectivity index (χ1n) is 4.42. The molecule has 0 spiro atoms. The van der Waals surface area contributed by atoms with Crippen molar-refractivity contribution in [2.45, 2.75) is 43.1 Å². The fourth-order valence-electron chi connectivity index (χ4n) is 1.27. The van der Waals surface area contributed by atoms with Crippen molar-refractivity contribution >= 4 is 0 Å². The van der Waals surface area contributed by atoms with E-state index in [1.54, 1.807) is 18.5 Å². The number of allylic oxidation sites excluding steroid dienone is 4. The topological polar surface area (TPSA) is 0 Å². The van der Waals surface area contributed by atoms with Gasteiger partial charge in [0.1, 0.15) is 0 Å². The van der Waals surface area contributed by atoms with Gasteiger partial charge >= 0.3 is 95.0 Å². The number of rotatable bonds is 2. The zero-order chi connectivity index (χ0) is 9.30. The molecular formula is C11H18Er. The van der Waals surface area contributed by atoms with Crippen molar-refractivity contribution in [3.63, 3.8) is 0 Å². The van der Waals surface area contributed by atoms with Gasteiger partial charge in [0.2, 0.25) is 0 Å². The third-order valence-electron chi connectivity index (χ3n) is 2.25. The van der Waals surface area contributed by atoms with E-state index < -0.39 is 0 Å². The van der Waals surface area contributed by atoms with Gasteiger partial charge in [-0.2, -0.15) is 0 Å². The normalized spacial score (nSPS) is 18.8. The van der Waals surface area contributed by atoms with Crippen molar-refractivity contribution in [1.29, 1.82) is 0 Å². The number of hydrogen-bond acceptors (Lipinski definition) is 0. The Morgan fingerprint density at radius 2 is 1.67 bits per heavy atom. The molecule has 0 aromatic carbocycles. The molecule has 0 saturated heterocycles. The summed E-state index contributed by atoms with van der Waals surface area (Å²) in [4.78, 5) is 0. The average molecular weight is 318 g/mol. The molecule has 0 bridgehead atoms. The van der Waals surface area contributed by atoms with Gasteiger partial charge in [-0.05, 0) is 0 Å². The third-order valence-corrected chi connectivity index (χ3v) is 4.98. The van der Waals surface area contributed by atoms with E-state index in [0.29, 0.717) is 33.4 Å². The second kappa shape index (κ2) is 4.29. The van der Waals surface area contributed by atoms with E-state index in [-0.39, 0.29) is 0 Å². The molecule has 0 unspecified atom stereocenters. The summed E-state index contributed by atoms with van der Waals surface area (Å²) in [6.07, 6.45) is 1.27. The van der Waals surface area contributed by atoms with Crippen LogP contribution in [0.3, 0.4) is 0 Å². The van der Waals surface area contributed by atoms with Crippen LogP contribution in [0.25, 0.3) is 0 Å². The third kappa shape index (κ3) is 2.36. The molecule has 0 aliphatic heterocycles. The summed E-state index contributed by atoms with van der Waals surface area (Å²) in [5.41, 5.74) is 4.74. The molecule has 12 heavy (non-hydrogen) atoms. The molecule has 0 radical (unpaired) electrons. The van der Waals surface area contributed by atoms with Crippen molar-refractivity contribution in [3.05, 3.63) is 18.5 Å². The minimum absolute atomic E-state index is 0.541. The summed E-state index contributed by atoms with van der Waals surface area (Å²) in [5.74, 6) is 0. The first kappa shape index (κ1) is 10.8. The minimum atomic E-state index is 0.541.